The van der Waals surface area contributed by atoms with E-state index in [0.29, 0.717) is 12.3 Å². The molecule has 1 N–H and O–H groups in total. The van der Waals surface area contributed by atoms with Crippen molar-refractivity contribution in [2.45, 2.75) is 174 Å². The van der Waals surface area contributed by atoms with Crippen molar-refractivity contribution in [3.05, 3.63) is 24.3 Å². The molecule has 38 heavy (non-hydrogen) atoms. The molecule has 0 bridgehead atoms. The fraction of sp³-hybridized carbons (Fsp3) is 0.800. The van der Waals surface area contributed by atoms with Crippen LogP contribution in [-0.4, -0.2) is 11.1 Å². The van der Waals surface area contributed by atoms with Crippen molar-refractivity contribution in [2.24, 2.45) is 5.92 Å². The van der Waals surface area contributed by atoms with Crippen LogP contribution >= 0.6 is 0 Å². The number of ether oxygens (including phenoxy) is 1. The summed E-state index contributed by atoms with van der Waals surface area (Å²) >= 11 is 0. The topological polar surface area (TPSA) is 46.5 Å². The molecule has 3 heteroatoms. The van der Waals surface area contributed by atoms with Crippen LogP contribution in [0.25, 0.3) is 0 Å². The quantitative estimate of drug-likeness (QED) is 0.0698. The third-order valence-electron chi connectivity index (χ3n) is 7.98. The molecule has 0 fully saturated rings. The molecule has 0 amide bonds. The van der Waals surface area contributed by atoms with Crippen LogP contribution in [0.1, 0.15) is 174 Å². The van der Waals surface area contributed by atoms with Gasteiger partial charge in [0.2, 0.25) is 0 Å². The molecule has 0 saturated heterocycles. The summed E-state index contributed by atoms with van der Waals surface area (Å²) < 4.78 is 5.50. The van der Waals surface area contributed by atoms with Gasteiger partial charge in [-0.1, -0.05) is 167 Å². The smallest absolute Gasteiger partial charge is 0.311 e. The first-order valence-electron chi connectivity index (χ1n) is 16.7. The van der Waals surface area contributed by atoms with Crippen molar-refractivity contribution in [1.29, 1.82) is 0 Å². The van der Waals surface area contributed by atoms with E-state index in [2.05, 4.69) is 13.8 Å². The van der Waals surface area contributed by atoms with E-state index in [9.17, 15) is 9.90 Å². The molecule has 0 aromatic heterocycles. The van der Waals surface area contributed by atoms with Crippen LogP contribution in [0.15, 0.2) is 24.3 Å². The van der Waals surface area contributed by atoms with Crippen LogP contribution in [0.4, 0.5) is 0 Å². The first-order valence-corrected chi connectivity index (χ1v) is 16.7. The Balaban J connectivity index is 2.24. The van der Waals surface area contributed by atoms with Crippen molar-refractivity contribution in [3.8, 4) is 11.5 Å². The third-order valence-corrected chi connectivity index (χ3v) is 7.98. The Morgan fingerprint density at radius 1 is 0.605 bits per heavy atom. The Morgan fingerprint density at radius 3 is 1.37 bits per heavy atom. The highest BCUT2D eigenvalue weighted by atomic mass is 16.5. The normalized spacial score (nSPS) is 12.1. The summed E-state index contributed by atoms with van der Waals surface area (Å²) in [4.78, 5) is 12.6. The van der Waals surface area contributed by atoms with Gasteiger partial charge in [0.15, 0.2) is 11.5 Å². The van der Waals surface area contributed by atoms with E-state index in [1.807, 2.05) is 0 Å². The summed E-state index contributed by atoms with van der Waals surface area (Å²) in [6.07, 6.45) is 32.4. The van der Waals surface area contributed by atoms with Gasteiger partial charge >= 0.3 is 5.97 Å². The van der Waals surface area contributed by atoms with Crippen LogP contribution in [-0.2, 0) is 4.79 Å². The number of hydrogen-bond acceptors (Lipinski definition) is 3. The summed E-state index contributed by atoms with van der Waals surface area (Å²) in [5.74, 6) is 0.502. The largest absolute Gasteiger partial charge is 0.504 e. The predicted octanol–water partition coefficient (Wildman–Crippen LogP) is 11.7. The van der Waals surface area contributed by atoms with Crippen molar-refractivity contribution in [1.82, 2.24) is 0 Å². The highest BCUT2D eigenvalue weighted by Gasteiger charge is 2.16. The van der Waals surface area contributed by atoms with E-state index in [1.165, 1.54) is 141 Å². The van der Waals surface area contributed by atoms with Crippen molar-refractivity contribution >= 4 is 5.97 Å². The van der Waals surface area contributed by atoms with Crippen LogP contribution in [0, 0.1) is 5.92 Å². The Bertz CT molecular complexity index is 656. The van der Waals surface area contributed by atoms with Gasteiger partial charge in [-0.2, -0.15) is 0 Å². The predicted molar refractivity (Wildman–Crippen MR) is 164 cm³/mol. The number of aromatic hydroxyl groups is 1. The maximum atomic E-state index is 12.6. The number of esters is 1. The third kappa shape index (κ3) is 20.5. The van der Waals surface area contributed by atoms with Crippen molar-refractivity contribution < 1.29 is 14.6 Å². The number of hydrogen-bond donors (Lipinski definition) is 1. The van der Waals surface area contributed by atoms with E-state index in [4.69, 9.17) is 4.74 Å². The molecule has 0 aliphatic carbocycles. The highest BCUT2D eigenvalue weighted by Crippen LogP contribution is 2.27. The summed E-state index contributed by atoms with van der Waals surface area (Å²) in [5.41, 5.74) is 0. The van der Waals surface area contributed by atoms with E-state index in [1.54, 1.807) is 24.3 Å². The number of carbonyl (C=O) groups is 1. The Hall–Kier alpha value is -1.51. The minimum atomic E-state index is -0.206. The van der Waals surface area contributed by atoms with Gasteiger partial charge in [0.25, 0.3) is 0 Å². The maximum Gasteiger partial charge on any atom is 0.311 e. The number of para-hydroxylation sites is 2. The van der Waals surface area contributed by atoms with Crippen LogP contribution in [0.3, 0.4) is 0 Å². The van der Waals surface area contributed by atoms with E-state index < -0.39 is 0 Å². The standard InChI is InChI=1S/C35H62O3/c1-3-5-7-9-11-13-15-16-18-20-22-24-28-32(27-23-21-19-17-14-12-10-8-6-4-2)31-35(37)38-34-30-26-25-29-33(34)36/h25-26,29-30,32,36H,3-24,27-28,31H2,1-2H3. The number of phenolic OH excluding ortho intramolecular Hbond substituents is 1. The lowest BCUT2D eigenvalue weighted by Gasteiger charge is -2.16. The van der Waals surface area contributed by atoms with Crippen LogP contribution < -0.4 is 4.74 Å². The molecule has 1 unspecified atom stereocenters. The van der Waals surface area contributed by atoms with Gasteiger partial charge in [-0.15, -0.1) is 0 Å². The summed E-state index contributed by atoms with van der Waals surface area (Å²) in [6, 6.07) is 6.76. The second kappa shape index (κ2) is 25.8. The molecule has 0 saturated carbocycles. The first-order chi connectivity index (χ1) is 18.7. The van der Waals surface area contributed by atoms with Gasteiger partial charge in [0.1, 0.15) is 0 Å². The maximum absolute atomic E-state index is 12.6. The molecule has 220 valence electrons. The van der Waals surface area contributed by atoms with Crippen LogP contribution in [0.2, 0.25) is 0 Å². The molecule has 1 aromatic rings. The Kier molecular flexibility index (Phi) is 23.4. The van der Waals surface area contributed by atoms with E-state index in [-0.39, 0.29) is 17.5 Å². The molecule has 3 nitrogen and oxygen atoms in total. The average Bonchev–Trinajstić information content (AvgIpc) is 2.91. The monoisotopic (exact) mass is 530 g/mol. The molecule has 0 aliphatic heterocycles. The molecule has 0 radical (unpaired) electrons. The van der Waals surface area contributed by atoms with Gasteiger partial charge in [-0.3, -0.25) is 4.79 Å². The zero-order valence-electron chi connectivity index (χ0n) is 25.3. The lowest BCUT2D eigenvalue weighted by Crippen LogP contribution is -2.14. The highest BCUT2D eigenvalue weighted by molar-refractivity contribution is 5.73. The second-order valence-corrected chi connectivity index (χ2v) is 11.7. The number of carbonyl (C=O) groups excluding carboxylic acids is 1. The summed E-state index contributed by atoms with van der Waals surface area (Å²) in [7, 11) is 0. The fourth-order valence-electron chi connectivity index (χ4n) is 5.49. The Labute approximate surface area is 236 Å². The molecule has 0 aliphatic rings. The van der Waals surface area contributed by atoms with Gasteiger partial charge in [-0.05, 0) is 30.9 Å². The zero-order valence-corrected chi connectivity index (χ0v) is 25.3. The molecule has 1 aromatic carbocycles. The Morgan fingerprint density at radius 2 is 0.974 bits per heavy atom. The minimum Gasteiger partial charge on any atom is -0.504 e. The molecular formula is C35H62O3. The minimum absolute atomic E-state index is 0.0352. The lowest BCUT2D eigenvalue weighted by molar-refractivity contribution is -0.135. The van der Waals surface area contributed by atoms with Crippen molar-refractivity contribution in [3.63, 3.8) is 0 Å². The number of unbranched alkanes of at least 4 members (excludes halogenated alkanes) is 20. The van der Waals surface area contributed by atoms with Crippen molar-refractivity contribution in [2.75, 3.05) is 0 Å². The first kappa shape index (κ1) is 34.5. The zero-order chi connectivity index (χ0) is 27.5. The number of benzene rings is 1. The van der Waals surface area contributed by atoms with E-state index in [0.717, 1.165) is 12.8 Å². The summed E-state index contributed by atoms with van der Waals surface area (Å²) in [6.45, 7) is 4.55. The average molecular weight is 531 g/mol. The van der Waals surface area contributed by atoms with Crippen LogP contribution in [0.5, 0.6) is 11.5 Å². The molecular weight excluding hydrogens is 468 g/mol. The summed E-state index contributed by atoms with van der Waals surface area (Å²) in [5, 5.41) is 9.95. The molecule has 0 spiro atoms. The van der Waals surface area contributed by atoms with E-state index >= 15 is 0 Å². The SMILES string of the molecule is CCCCCCCCCCCCCCC(CCCCCCCCCCCC)CC(=O)Oc1ccccc1O. The number of rotatable bonds is 27. The fourth-order valence-corrected chi connectivity index (χ4v) is 5.49. The molecule has 0 heterocycles. The van der Waals surface area contributed by atoms with Gasteiger partial charge in [0, 0.05) is 6.42 Å². The van der Waals surface area contributed by atoms with Gasteiger partial charge in [-0.25, -0.2) is 0 Å². The molecule has 1 atom stereocenters. The molecule has 1 rings (SSSR count). The lowest BCUT2D eigenvalue weighted by atomic mass is 9.91. The number of phenols is 1. The van der Waals surface area contributed by atoms with Gasteiger partial charge in [0.05, 0.1) is 0 Å². The van der Waals surface area contributed by atoms with Gasteiger partial charge < -0.3 is 9.84 Å². The second-order valence-electron chi connectivity index (χ2n) is 11.7.